The fraction of sp³-hybridized carbons (Fsp3) is 0.154. The first kappa shape index (κ1) is 12.0. The van der Waals surface area contributed by atoms with Crippen molar-refractivity contribution in [2.45, 2.75) is 13.8 Å². The van der Waals surface area contributed by atoms with Crippen LogP contribution in [0.5, 0.6) is 0 Å². The molecule has 0 radical (unpaired) electrons. The number of hydrogen-bond donors (Lipinski definition) is 1. The summed E-state index contributed by atoms with van der Waals surface area (Å²) in [5.41, 5.74) is 1.67. The number of amides is 1. The monoisotopic (exact) mass is 244 g/mol. The Kier molecular flexibility index (Phi) is 3.23. The van der Waals surface area contributed by atoms with Gasteiger partial charge in [-0.15, -0.1) is 0 Å². The van der Waals surface area contributed by atoms with Crippen molar-refractivity contribution in [1.82, 2.24) is 0 Å². The van der Waals surface area contributed by atoms with Crippen LogP contribution >= 0.6 is 0 Å². The summed E-state index contributed by atoms with van der Waals surface area (Å²) in [5, 5.41) is 2.65. The summed E-state index contributed by atoms with van der Waals surface area (Å²) in [7, 11) is 0. The number of cyclic esters (lactones) is 1. The molecule has 0 bridgehead atoms. The van der Waals surface area contributed by atoms with E-state index in [1.165, 1.54) is 6.92 Å². The van der Waals surface area contributed by atoms with Crippen LogP contribution in [0.25, 0.3) is 0 Å². The number of ether oxygens (including phenoxy) is 1. The van der Waals surface area contributed by atoms with E-state index in [0.29, 0.717) is 16.9 Å². The molecule has 1 aliphatic heterocycles. The Morgan fingerprint density at radius 3 is 2.50 bits per heavy atom. The van der Waals surface area contributed by atoms with Crippen molar-refractivity contribution in [3.05, 3.63) is 41.6 Å². The number of carbonyl (C=O) groups excluding carboxylic acids is 2. The summed E-state index contributed by atoms with van der Waals surface area (Å²) in [4.78, 5) is 26.3. The summed E-state index contributed by atoms with van der Waals surface area (Å²) in [6.07, 6.45) is 1.60. The predicted molar refractivity (Wildman–Crippen MR) is 67.1 cm³/mol. The lowest BCUT2D eigenvalue weighted by Gasteiger charge is -2.03. The maximum Gasteiger partial charge on any atom is 0.363 e. The highest BCUT2D eigenvalue weighted by Crippen LogP contribution is 2.17. The molecule has 0 saturated heterocycles. The highest BCUT2D eigenvalue weighted by Gasteiger charge is 2.22. The molecule has 5 nitrogen and oxygen atoms in total. The smallest absolute Gasteiger partial charge is 0.363 e. The zero-order valence-electron chi connectivity index (χ0n) is 10.1. The Balaban J connectivity index is 2.21. The van der Waals surface area contributed by atoms with Crippen molar-refractivity contribution in [2.24, 2.45) is 4.99 Å². The van der Waals surface area contributed by atoms with Gasteiger partial charge in [0, 0.05) is 18.2 Å². The molecule has 1 aromatic carbocycles. The maximum atomic E-state index is 11.3. The van der Waals surface area contributed by atoms with Crippen LogP contribution in [0.15, 0.2) is 41.0 Å². The minimum Gasteiger partial charge on any atom is -0.402 e. The van der Waals surface area contributed by atoms with E-state index in [1.54, 1.807) is 37.3 Å². The average molecular weight is 244 g/mol. The van der Waals surface area contributed by atoms with Gasteiger partial charge in [-0.25, -0.2) is 9.79 Å². The second kappa shape index (κ2) is 4.83. The molecule has 92 valence electrons. The van der Waals surface area contributed by atoms with Gasteiger partial charge in [-0.2, -0.15) is 0 Å². The molecule has 0 atom stereocenters. The first-order chi connectivity index (χ1) is 8.60. The van der Waals surface area contributed by atoms with Gasteiger partial charge in [0.15, 0.2) is 0 Å². The molecule has 1 N–H and O–H groups in total. The Bertz CT molecular complexity index is 556. The summed E-state index contributed by atoms with van der Waals surface area (Å²) >= 11 is 0. The molecular weight excluding hydrogens is 232 g/mol. The van der Waals surface area contributed by atoms with Gasteiger partial charge < -0.3 is 10.1 Å². The summed E-state index contributed by atoms with van der Waals surface area (Å²) in [5.74, 6) is -0.301. The van der Waals surface area contributed by atoms with Crippen molar-refractivity contribution in [3.63, 3.8) is 0 Å². The number of esters is 1. The number of hydrogen-bond acceptors (Lipinski definition) is 4. The molecule has 0 spiro atoms. The minimum atomic E-state index is -0.446. The summed E-state index contributed by atoms with van der Waals surface area (Å²) in [6, 6.07) is 6.91. The van der Waals surface area contributed by atoms with Crippen molar-refractivity contribution < 1.29 is 14.3 Å². The van der Waals surface area contributed by atoms with Crippen LogP contribution in [0.1, 0.15) is 19.4 Å². The molecule has 1 amide bonds. The topological polar surface area (TPSA) is 67.8 Å². The van der Waals surface area contributed by atoms with E-state index >= 15 is 0 Å². The van der Waals surface area contributed by atoms with Crippen LogP contribution in [0, 0.1) is 0 Å². The standard InChI is InChI=1S/C13H12N2O3/c1-3-11-13(17)18-12(15-11)9-4-6-10(7-5-9)14-8(2)16/h3-7H,1-2H3,(H,14,16)/b11-3+. The summed E-state index contributed by atoms with van der Waals surface area (Å²) < 4.78 is 5.03. The Morgan fingerprint density at radius 2 is 2.00 bits per heavy atom. The largest absolute Gasteiger partial charge is 0.402 e. The third-order valence-corrected chi connectivity index (χ3v) is 2.35. The van der Waals surface area contributed by atoms with Gasteiger partial charge in [0.25, 0.3) is 0 Å². The van der Waals surface area contributed by atoms with Crippen molar-refractivity contribution >= 4 is 23.5 Å². The lowest BCUT2D eigenvalue weighted by Crippen LogP contribution is -2.07. The fourth-order valence-electron chi connectivity index (χ4n) is 1.52. The molecule has 0 saturated carbocycles. The second-order valence-electron chi connectivity index (χ2n) is 3.74. The van der Waals surface area contributed by atoms with Gasteiger partial charge >= 0.3 is 5.97 Å². The molecule has 1 aliphatic rings. The third-order valence-electron chi connectivity index (χ3n) is 2.35. The number of rotatable bonds is 2. The third kappa shape index (κ3) is 2.45. The van der Waals surface area contributed by atoms with E-state index in [4.69, 9.17) is 4.74 Å². The SMILES string of the molecule is C/C=C1/N=C(c2ccc(NC(C)=O)cc2)OC1=O. The molecule has 0 aliphatic carbocycles. The highest BCUT2D eigenvalue weighted by atomic mass is 16.6. The number of benzene rings is 1. The lowest BCUT2D eigenvalue weighted by atomic mass is 10.2. The predicted octanol–water partition coefficient (Wildman–Crippen LogP) is 1.85. The van der Waals surface area contributed by atoms with Crippen LogP contribution in [-0.4, -0.2) is 17.8 Å². The number of allylic oxidation sites excluding steroid dienone is 1. The number of nitrogens with zero attached hydrogens (tertiary/aromatic N) is 1. The molecular formula is C13H12N2O3. The first-order valence-corrected chi connectivity index (χ1v) is 5.45. The van der Waals surface area contributed by atoms with Crippen LogP contribution in [0.4, 0.5) is 5.69 Å². The molecule has 0 aromatic heterocycles. The van der Waals surface area contributed by atoms with E-state index in [9.17, 15) is 9.59 Å². The van der Waals surface area contributed by atoms with Crippen LogP contribution in [-0.2, 0) is 14.3 Å². The van der Waals surface area contributed by atoms with E-state index < -0.39 is 5.97 Å². The van der Waals surface area contributed by atoms with Crippen molar-refractivity contribution in [2.75, 3.05) is 5.32 Å². The summed E-state index contributed by atoms with van der Waals surface area (Å²) in [6.45, 7) is 3.16. The van der Waals surface area contributed by atoms with Gasteiger partial charge in [-0.3, -0.25) is 4.79 Å². The maximum absolute atomic E-state index is 11.3. The molecule has 2 rings (SSSR count). The highest BCUT2D eigenvalue weighted by molar-refractivity contribution is 6.11. The molecule has 0 unspecified atom stereocenters. The van der Waals surface area contributed by atoms with E-state index in [2.05, 4.69) is 10.3 Å². The van der Waals surface area contributed by atoms with Gasteiger partial charge in [-0.05, 0) is 31.2 Å². The van der Waals surface area contributed by atoms with E-state index in [0.717, 1.165) is 0 Å². The number of anilines is 1. The van der Waals surface area contributed by atoms with E-state index in [-0.39, 0.29) is 11.8 Å². The van der Waals surface area contributed by atoms with Crippen molar-refractivity contribution in [1.29, 1.82) is 0 Å². The van der Waals surface area contributed by atoms with Crippen LogP contribution < -0.4 is 5.32 Å². The molecule has 18 heavy (non-hydrogen) atoms. The molecule has 5 heteroatoms. The van der Waals surface area contributed by atoms with Crippen LogP contribution in [0.2, 0.25) is 0 Å². The van der Waals surface area contributed by atoms with E-state index in [1.807, 2.05) is 0 Å². The van der Waals surface area contributed by atoms with Gasteiger partial charge in [0.05, 0.1) is 0 Å². The average Bonchev–Trinajstić information content (AvgIpc) is 2.71. The number of aliphatic imine (C=N–C) groups is 1. The quantitative estimate of drug-likeness (QED) is 0.637. The van der Waals surface area contributed by atoms with Crippen LogP contribution in [0.3, 0.4) is 0 Å². The lowest BCUT2D eigenvalue weighted by molar-refractivity contribution is -0.130. The molecule has 1 heterocycles. The zero-order chi connectivity index (χ0) is 13.1. The molecule has 0 fully saturated rings. The second-order valence-corrected chi connectivity index (χ2v) is 3.74. The van der Waals surface area contributed by atoms with Crippen molar-refractivity contribution in [3.8, 4) is 0 Å². The van der Waals surface area contributed by atoms with Gasteiger partial charge in [0.1, 0.15) is 5.70 Å². The zero-order valence-corrected chi connectivity index (χ0v) is 10.1. The van der Waals surface area contributed by atoms with Gasteiger partial charge in [-0.1, -0.05) is 6.08 Å². The van der Waals surface area contributed by atoms with Gasteiger partial charge in [0.2, 0.25) is 11.8 Å². The molecule has 1 aromatic rings. The normalized spacial score (nSPS) is 16.4. The number of nitrogens with one attached hydrogen (secondary N) is 1. The Labute approximate surface area is 104 Å². The minimum absolute atomic E-state index is 0.136. The Hall–Kier alpha value is -2.43. The first-order valence-electron chi connectivity index (χ1n) is 5.45. The number of carbonyl (C=O) groups is 2. The Morgan fingerprint density at radius 1 is 1.33 bits per heavy atom. The fourth-order valence-corrected chi connectivity index (χ4v) is 1.52.